The van der Waals surface area contributed by atoms with Crippen molar-refractivity contribution in [3.05, 3.63) is 71.4 Å². The van der Waals surface area contributed by atoms with E-state index in [4.69, 9.17) is 9.52 Å². The van der Waals surface area contributed by atoms with Gasteiger partial charge in [-0.25, -0.2) is 9.48 Å². The quantitative estimate of drug-likeness (QED) is 0.765. The molecule has 0 saturated carbocycles. The molecular formula is C20H19N3O4. The topological polar surface area (TPSA) is 88.6 Å². The molecule has 138 valence electrons. The Labute approximate surface area is 155 Å². The first-order valence-corrected chi connectivity index (χ1v) is 8.79. The number of rotatable bonds is 4. The first kappa shape index (κ1) is 17.1. The molecule has 1 aliphatic rings. The van der Waals surface area contributed by atoms with Crippen molar-refractivity contribution in [2.45, 2.75) is 25.8 Å². The third kappa shape index (κ3) is 3.01. The minimum absolute atomic E-state index is 0.0290. The van der Waals surface area contributed by atoms with Crippen molar-refractivity contribution in [1.82, 2.24) is 14.7 Å². The highest BCUT2D eigenvalue weighted by atomic mass is 16.4. The number of hydrogen-bond donors (Lipinski definition) is 1. The van der Waals surface area contributed by atoms with Crippen LogP contribution in [0.2, 0.25) is 0 Å². The first-order chi connectivity index (χ1) is 13.1. The van der Waals surface area contributed by atoms with E-state index in [0.29, 0.717) is 23.5 Å². The molecule has 1 N–H and O–H groups in total. The van der Waals surface area contributed by atoms with E-state index >= 15 is 0 Å². The van der Waals surface area contributed by atoms with E-state index < -0.39 is 5.97 Å². The molecule has 7 nitrogen and oxygen atoms in total. The van der Waals surface area contributed by atoms with Crippen LogP contribution >= 0.6 is 0 Å². The second kappa shape index (κ2) is 6.75. The zero-order chi connectivity index (χ0) is 19.0. The minimum Gasteiger partial charge on any atom is -0.478 e. The fourth-order valence-corrected chi connectivity index (χ4v) is 3.58. The number of carboxylic acids is 1. The van der Waals surface area contributed by atoms with Gasteiger partial charge >= 0.3 is 5.97 Å². The summed E-state index contributed by atoms with van der Waals surface area (Å²) in [5.41, 5.74) is 1.99. The van der Waals surface area contributed by atoms with Gasteiger partial charge in [0.1, 0.15) is 11.3 Å². The van der Waals surface area contributed by atoms with Gasteiger partial charge in [-0.1, -0.05) is 0 Å². The molecule has 0 bridgehead atoms. The highest BCUT2D eigenvalue weighted by molar-refractivity contribution is 5.95. The van der Waals surface area contributed by atoms with E-state index in [9.17, 15) is 9.59 Å². The number of furan rings is 1. The Hall–Kier alpha value is -3.35. The number of hydrogen-bond acceptors (Lipinski definition) is 4. The van der Waals surface area contributed by atoms with Gasteiger partial charge in [-0.2, -0.15) is 5.10 Å². The molecule has 4 rings (SSSR count). The number of carbonyl (C=O) groups excluding carboxylic acids is 1. The van der Waals surface area contributed by atoms with Crippen LogP contribution in [-0.4, -0.2) is 38.2 Å². The molecule has 0 spiro atoms. The molecule has 1 aliphatic heterocycles. The predicted octanol–water partition coefficient (Wildman–Crippen LogP) is 3.45. The number of likely N-dealkylation sites (tertiary alicyclic amines) is 1. The van der Waals surface area contributed by atoms with E-state index in [1.54, 1.807) is 42.1 Å². The summed E-state index contributed by atoms with van der Waals surface area (Å²) >= 11 is 0. The average molecular weight is 365 g/mol. The van der Waals surface area contributed by atoms with Crippen molar-refractivity contribution >= 4 is 11.9 Å². The van der Waals surface area contributed by atoms with Crippen LogP contribution in [0, 0.1) is 6.92 Å². The van der Waals surface area contributed by atoms with Gasteiger partial charge in [-0.05, 0) is 56.2 Å². The molecule has 27 heavy (non-hydrogen) atoms. The Kier molecular flexibility index (Phi) is 4.27. The van der Waals surface area contributed by atoms with E-state index in [0.717, 1.165) is 18.6 Å². The van der Waals surface area contributed by atoms with Gasteiger partial charge in [0.25, 0.3) is 5.91 Å². The minimum atomic E-state index is -1.01. The van der Waals surface area contributed by atoms with Crippen molar-refractivity contribution in [2.75, 3.05) is 6.54 Å². The van der Waals surface area contributed by atoms with Crippen molar-refractivity contribution < 1.29 is 19.1 Å². The number of aromatic carboxylic acids is 1. The lowest BCUT2D eigenvalue weighted by Crippen LogP contribution is -2.30. The van der Waals surface area contributed by atoms with Gasteiger partial charge in [-0.3, -0.25) is 4.79 Å². The fraction of sp³-hybridized carbons (Fsp3) is 0.250. The highest BCUT2D eigenvalue weighted by Gasteiger charge is 2.32. The summed E-state index contributed by atoms with van der Waals surface area (Å²) in [6.45, 7) is 2.40. The number of benzene rings is 1. The van der Waals surface area contributed by atoms with E-state index in [1.807, 2.05) is 17.0 Å². The van der Waals surface area contributed by atoms with Crippen LogP contribution in [0.5, 0.6) is 0 Å². The summed E-state index contributed by atoms with van der Waals surface area (Å²) in [6.07, 6.45) is 4.79. The molecule has 0 radical (unpaired) electrons. The summed E-state index contributed by atoms with van der Waals surface area (Å²) < 4.78 is 7.05. The van der Waals surface area contributed by atoms with Crippen LogP contribution in [0.15, 0.2) is 53.3 Å². The van der Waals surface area contributed by atoms with Gasteiger partial charge < -0.3 is 14.4 Å². The molecule has 1 fully saturated rings. The summed E-state index contributed by atoms with van der Waals surface area (Å²) in [5.74, 6) is -0.238. The van der Waals surface area contributed by atoms with Crippen LogP contribution in [0.25, 0.3) is 5.69 Å². The van der Waals surface area contributed by atoms with Gasteiger partial charge in [-0.15, -0.1) is 0 Å². The molecule has 0 aliphatic carbocycles. The van der Waals surface area contributed by atoms with Crippen molar-refractivity contribution in [2.24, 2.45) is 0 Å². The standard InChI is InChI=1S/C20H19N3O4/c1-13-16(20(25)26)12-21-23(13)15-8-6-14(7-9-15)19(24)22-10-2-4-17(22)18-5-3-11-27-18/h3,5-9,11-12,17H,2,4,10H2,1H3,(H,25,26)/t17-/m1/s1. The lowest BCUT2D eigenvalue weighted by molar-refractivity contribution is 0.0693. The molecule has 0 unspecified atom stereocenters. The maximum absolute atomic E-state index is 12.9. The Morgan fingerprint density at radius 3 is 2.63 bits per heavy atom. The third-order valence-electron chi connectivity index (χ3n) is 4.98. The Balaban J connectivity index is 1.57. The van der Waals surface area contributed by atoms with Crippen LogP contribution in [0.1, 0.15) is 51.1 Å². The predicted molar refractivity (Wildman–Crippen MR) is 97.0 cm³/mol. The lowest BCUT2D eigenvalue weighted by Gasteiger charge is -2.23. The van der Waals surface area contributed by atoms with Crippen molar-refractivity contribution in [3.63, 3.8) is 0 Å². The average Bonchev–Trinajstić information content (AvgIpc) is 3.41. The number of carboxylic acid groups (broad SMARTS) is 1. The molecular weight excluding hydrogens is 346 g/mol. The molecule has 1 aromatic carbocycles. The van der Waals surface area contributed by atoms with Crippen molar-refractivity contribution in [1.29, 1.82) is 0 Å². The molecule has 2 aromatic heterocycles. The maximum Gasteiger partial charge on any atom is 0.339 e. The second-order valence-electron chi connectivity index (χ2n) is 6.58. The van der Waals surface area contributed by atoms with Crippen LogP contribution in [0.4, 0.5) is 0 Å². The van der Waals surface area contributed by atoms with Crippen LogP contribution in [-0.2, 0) is 0 Å². The summed E-state index contributed by atoms with van der Waals surface area (Å²) in [5, 5.41) is 13.3. The molecule has 3 heterocycles. The number of amides is 1. The maximum atomic E-state index is 12.9. The molecule has 1 atom stereocenters. The number of carbonyl (C=O) groups is 2. The molecule has 7 heteroatoms. The van der Waals surface area contributed by atoms with Gasteiger partial charge in [0.05, 0.1) is 29.9 Å². The Morgan fingerprint density at radius 1 is 1.22 bits per heavy atom. The second-order valence-corrected chi connectivity index (χ2v) is 6.58. The zero-order valence-corrected chi connectivity index (χ0v) is 14.8. The molecule has 3 aromatic rings. The summed E-state index contributed by atoms with van der Waals surface area (Å²) in [7, 11) is 0. The Morgan fingerprint density at radius 2 is 2.00 bits per heavy atom. The van der Waals surface area contributed by atoms with Crippen LogP contribution < -0.4 is 0 Å². The normalized spacial score (nSPS) is 16.6. The zero-order valence-electron chi connectivity index (χ0n) is 14.8. The van der Waals surface area contributed by atoms with Crippen LogP contribution in [0.3, 0.4) is 0 Å². The number of aromatic nitrogens is 2. The highest BCUT2D eigenvalue weighted by Crippen LogP contribution is 2.33. The fourth-order valence-electron chi connectivity index (χ4n) is 3.58. The lowest BCUT2D eigenvalue weighted by atomic mass is 10.1. The van der Waals surface area contributed by atoms with Gasteiger partial charge in [0, 0.05) is 12.1 Å². The summed E-state index contributed by atoms with van der Waals surface area (Å²) in [4.78, 5) is 26.0. The van der Waals surface area contributed by atoms with E-state index in [2.05, 4.69) is 5.10 Å². The molecule has 1 amide bonds. The Bertz CT molecular complexity index is 973. The monoisotopic (exact) mass is 365 g/mol. The SMILES string of the molecule is Cc1c(C(=O)O)cnn1-c1ccc(C(=O)N2CCC[C@@H]2c2ccco2)cc1. The largest absolute Gasteiger partial charge is 0.478 e. The van der Waals surface area contributed by atoms with E-state index in [-0.39, 0.29) is 17.5 Å². The third-order valence-corrected chi connectivity index (χ3v) is 4.98. The van der Waals surface area contributed by atoms with Gasteiger partial charge in [0.2, 0.25) is 0 Å². The first-order valence-electron chi connectivity index (χ1n) is 8.79. The van der Waals surface area contributed by atoms with Crippen molar-refractivity contribution in [3.8, 4) is 5.69 Å². The van der Waals surface area contributed by atoms with Gasteiger partial charge in [0.15, 0.2) is 0 Å². The summed E-state index contributed by atoms with van der Waals surface area (Å²) in [6, 6.07) is 10.8. The smallest absolute Gasteiger partial charge is 0.339 e. The molecule has 1 saturated heterocycles. The number of nitrogens with zero attached hydrogens (tertiary/aromatic N) is 3. The van der Waals surface area contributed by atoms with E-state index in [1.165, 1.54) is 6.20 Å².